The zero-order valence-corrected chi connectivity index (χ0v) is 10.6. The Hall–Kier alpha value is -1.13. The Kier molecular flexibility index (Phi) is 3.74. The van der Waals surface area contributed by atoms with Gasteiger partial charge in [0.05, 0.1) is 17.8 Å². The van der Waals surface area contributed by atoms with Gasteiger partial charge in [0.2, 0.25) is 5.88 Å². The van der Waals surface area contributed by atoms with E-state index >= 15 is 0 Å². The summed E-state index contributed by atoms with van der Waals surface area (Å²) in [6.45, 7) is 0. The van der Waals surface area contributed by atoms with E-state index in [0.29, 0.717) is 23.2 Å². The van der Waals surface area contributed by atoms with Crippen LogP contribution in [0, 0.1) is 0 Å². The molecule has 0 aliphatic carbocycles. The Balaban J connectivity index is 2.20. The van der Waals surface area contributed by atoms with E-state index in [9.17, 15) is 0 Å². The first kappa shape index (κ1) is 11.4. The average molecular weight is 300 g/mol. The number of hydrogen-bond acceptors (Lipinski definition) is 3. The van der Waals surface area contributed by atoms with Crippen LogP contribution in [-0.2, 0) is 5.88 Å². The predicted octanol–water partition coefficient (Wildman–Crippen LogP) is 3.77. The second-order valence-electron chi connectivity index (χ2n) is 3.04. The average Bonchev–Trinajstić information content (AvgIpc) is 2.29. The normalized spacial score (nSPS) is 10.1. The summed E-state index contributed by atoms with van der Waals surface area (Å²) >= 11 is 9.03. The van der Waals surface area contributed by atoms with E-state index in [-0.39, 0.29) is 0 Å². The minimum absolute atomic E-state index is 0.322. The van der Waals surface area contributed by atoms with Crippen molar-refractivity contribution in [1.82, 2.24) is 9.97 Å². The van der Waals surface area contributed by atoms with Crippen LogP contribution in [0.2, 0.25) is 0 Å². The molecular formula is C11H8BrClN2O. The van der Waals surface area contributed by atoms with E-state index in [0.717, 1.165) is 4.47 Å². The van der Waals surface area contributed by atoms with Crippen molar-refractivity contribution in [3.63, 3.8) is 0 Å². The molecule has 1 aromatic heterocycles. The molecule has 0 bridgehead atoms. The molecule has 0 aliphatic heterocycles. The lowest BCUT2D eigenvalue weighted by Gasteiger charge is -2.05. The van der Waals surface area contributed by atoms with Crippen LogP contribution in [0.25, 0.3) is 0 Å². The summed E-state index contributed by atoms with van der Waals surface area (Å²) in [6, 6.07) is 7.51. The van der Waals surface area contributed by atoms with Crippen LogP contribution in [0.5, 0.6) is 11.6 Å². The van der Waals surface area contributed by atoms with Gasteiger partial charge in [-0.05, 0) is 18.2 Å². The molecule has 82 valence electrons. The zero-order chi connectivity index (χ0) is 11.4. The largest absolute Gasteiger partial charge is 0.437 e. The third-order valence-corrected chi connectivity index (χ3v) is 2.58. The van der Waals surface area contributed by atoms with Gasteiger partial charge in [0, 0.05) is 10.7 Å². The number of alkyl halides is 1. The highest BCUT2D eigenvalue weighted by atomic mass is 79.9. The van der Waals surface area contributed by atoms with Crippen LogP contribution in [0.4, 0.5) is 0 Å². The molecule has 0 amide bonds. The Bertz CT molecular complexity index is 493. The molecule has 0 unspecified atom stereocenters. The maximum Gasteiger partial charge on any atom is 0.238 e. The predicted molar refractivity (Wildman–Crippen MR) is 65.8 cm³/mol. The van der Waals surface area contributed by atoms with Crippen LogP contribution in [-0.4, -0.2) is 9.97 Å². The Labute approximate surface area is 107 Å². The van der Waals surface area contributed by atoms with Crippen molar-refractivity contribution in [2.75, 3.05) is 0 Å². The molecule has 0 aliphatic rings. The number of rotatable bonds is 3. The van der Waals surface area contributed by atoms with Gasteiger partial charge in [0.1, 0.15) is 5.75 Å². The highest BCUT2D eigenvalue weighted by Crippen LogP contribution is 2.22. The summed E-state index contributed by atoms with van der Waals surface area (Å²) in [5.41, 5.74) is 0.689. The third-order valence-electron chi connectivity index (χ3n) is 1.82. The Morgan fingerprint density at radius 2 is 2.19 bits per heavy atom. The number of hydrogen-bond donors (Lipinski definition) is 0. The maximum absolute atomic E-state index is 5.66. The van der Waals surface area contributed by atoms with E-state index in [1.807, 2.05) is 24.3 Å². The van der Waals surface area contributed by atoms with E-state index in [2.05, 4.69) is 25.9 Å². The van der Waals surface area contributed by atoms with Gasteiger partial charge in [-0.25, -0.2) is 4.98 Å². The summed E-state index contributed by atoms with van der Waals surface area (Å²) in [4.78, 5) is 8.17. The van der Waals surface area contributed by atoms with Crippen molar-refractivity contribution in [2.24, 2.45) is 0 Å². The first-order valence-electron chi connectivity index (χ1n) is 4.58. The lowest BCUT2D eigenvalue weighted by Crippen LogP contribution is -1.92. The fraction of sp³-hybridized carbons (Fsp3) is 0.0909. The van der Waals surface area contributed by atoms with Gasteiger partial charge in [-0.3, -0.25) is 4.98 Å². The van der Waals surface area contributed by atoms with E-state index in [1.54, 1.807) is 12.4 Å². The van der Waals surface area contributed by atoms with Crippen molar-refractivity contribution in [1.29, 1.82) is 0 Å². The van der Waals surface area contributed by atoms with Crippen LogP contribution in [0.1, 0.15) is 5.69 Å². The molecule has 0 spiro atoms. The van der Waals surface area contributed by atoms with Gasteiger partial charge < -0.3 is 4.74 Å². The quantitative estimate of drug-likeness (QED) is 0.809. The van der Waals surface area contributed by atoms with Crippen LogP contribution < -0.4 is 4.74 Å². The minimum atomic E-state index is 0.322. The molecular weight excluding hydrogens is 291 g/mol. The molecule has 2 rings (SSSR count). The van der Waals surface area contributed by atoms with Gasteiger partial charge in [0.25, 0.3) is 0 Å². The van der Waals surface area contributed by atoms with Gasteiger partial charge >= 0.3 is 0 Å². The molecule has 1 aromatic carbocycles. The first-order chi connectivity index (χ1) is 7.78. The molecule has 0 fully saturated rings. The minimum Gasteiger partial charge on any atom is -0.437 e. The van der Waals surface area contributed by atoms with Crippen LogP contribution >= 0.6 is 27.5 Å². The van der Waals surface area contributed by atoms with Crippen molar-refractivity contribution in [3.8, 4) is 11.6 Å². The monoisotopic (exact) mass is 298 g/mol. The van der Waals surface area contributed by atoms with E-state index in [1.165, 1.54) is 0 Å². The lowest BCUT2D eigenvalue weighted by molar-refractivity contribution is 0.458. The molecule has 0 atom stereocenters. The number of aromatic nitrogens is 2. The zero-order valence-electron chi connectivity index (χ0n) is 8.23. The summed E-state index contributed by atoms with van der Waals surface area (Å²) in [5.74, 6) is 1.47. The highest BCUT2D eigenvalue weighted by Gasteiger charge is 2.01. The van der Waals surface area contributed by atoms with Crippen molar-refractivity contribution < 1.29 is 4.74 Å². The maximum atomic E-state index is 5.66. The second-order valence-corrected chi connectivity index (χ2v) is 4.22. The second kappa shape index (κ2) is 5.27. The molecule has 3 nitrogen and oxygen atoms in total. The van der Waals surface area contributed by atoms with Gasteiger partial charge in [0.15, 0.2) is 0 Å². The highest BCUT2D eigenvalue weighted by molar-refractivity contribution is 9.10. The molecule has 1 heterocycles. The van der Waals surface area contributed by atoms with Crippen molar-refractivity contribution in [3.05, 3.63) is 46.8 Å². The fourth-order valence-electron chi connectivity index (χ4n) is 1.15. The lowest BCUT2D eigenvalue weighted by atomic mass is 10.3. The molecule has 2 aromatic rings. The number of benzene rings is 1. The molecule has 0 N–H and O–H groups in total. The summed E-state index contributed by atoms with van der Waals surface area (Å²) in [5, 5.41) is 0. The van der Waals surface area contributed by atoms with Crippen LogP contribution in [0.3, 0.4) is 0 Å². The topological polar surface area (TPSA) is 35.0 Å². The summed E-state index contributed by atoms with van der Waals surface area (Å²) < 4.78 is 6.49. The molecule has 0 saturated carbocycles. The Morgan fingerprint density at radius 3 is 2.94 bits per heavy atom. The molecule has 0 radical (unpaired) electrons. The molecule has 16 heavy (non-hydrogen) atoms. The smallest absolute Gasteiger partial charge is 0.238 e. The van der Waals surface area contributed by atoms with E-state index in [4.69, 9.17) is 16.3 Å². The van der Waals surface area contributed by atoms with Crippen LogP contribution in [0.15, 0.2) is 41.1 Å². The van der Waals surface area contributed by atoms with Crippen molar-refractivity contribution in [2.45, 2.75) is 5.88 Å². The van der Waals surface area contributed by atoms with Gasteiger partial charge in [-0.1, -0.05) is 22.0 Å². The molecule has 0 saturated heterocycles. The number of ether oxygens (including phenoxy) is 1. The third kappa shape index (κ3) is 2.93. The van der Waals surface area contributed by atoms with Crippen molar-refractivity contribution >= 4 is 27.5 Å². The standard InChI is InChI=1S/C11H8BrClN2O/c12-8-2-1-3-10(4-8)16-11-7-14-6-9(5-13)15-11/h1-4,6-7H,5H2. The molecule has 5 heteroatoms. The fourth-order valence-corrected chi connectivity index (χ4v) is 1.66. The van der Waals surface area contributed by atoms with Gasteiger partial charge in [-0.2, -0.15) is 0 Å². The van der Waals surface area contributed by atoms with E-state index < -0.39 is 0 Å². The number of nitrogens with zero attached hydrogens (tertiary/aromatic N) is 2. The SMILES string of the molecule is ClCc1cncc(Oc2cccc(Br)c2)n1. The first-order valence-corrected chi connectivity index (χ1v) is 5.91. The Morgan fingerprint density at radius 1 is 1.31 bits per heavy atom. The van der Waals surface area contributed by atoms with Gasteiger partial charge in [-0.15, -0.1) is 11.6 Å². The summed E-state index contributed by atoms with van der Waals surface area (Å²) in [6.07, 6.45) is 3.16. The summed E-state index contributed by atoms with van der Waals surface area (Å²) in [7, 11) is 0. The number of halogens is 2.